The highest BCUT2D eigenvalue weighted by molar-refractivity contribution is 5.72. The average molecular weight is 372 g/mol. The van der Waals surface area contributed by atoms with E-state index in [4.69, 9.17) is 9.47 Å². The molecule has 2 atom stereocenters. The van der Waals surface area contributed by atoms with Gasteiger partial charge in [-0.3, -0.25) is 9.59 Å². The first-order valence-electron chi connectivity index (χ1n) is 10.2. The van der Waals surface area contributed by atoms with Crippen LogP contribution >= 0.6 is 0 Å². The highest BCUT2D eigenvalue weighted by Gasteiger charge is 2.22. The van der Waals surface area contributed by atoms with Crippen molar-refractivity contribution in [2.24, 2.45) is 17.3 Å². The molecule has 0 aromatic carbocycles. The molecule has 0 aromatic heterocycles. The van der Waals surface area contributed by atoms with Gasteiger partial charge in [-0.25, -0.2) is 0 Å². The molecule has 0 rings (SSSR count). The van der Waals surface area contributed by atoms with Gasteiger partial charge < -0.3 is 14.4 Å². The lowest BCUT2D eigenvalue weighted by molar-refractivity contribution is -0.151. The van der Waals surface area contributed by atoms with Gasteiger partial charge in [0.1, 0.15) is 6.61 Å². The molecule has 0 aliphatic rings. The van der Waals surface area contributed by atoms with Crippen LogP contribution in [0.5, 0.6) is 0 Å². The molecule has 5 heteroatoms. The van der Waals surface area contributed by atoms with Gasteiger partial charge in [-0.05, 0) is 37.8 Å². The predicted molar refractivity (Wildman–Crippen MR) is 106 cm³/mol. The molecule has 2 unspecified atom stereocenters. The van der Waals surface area contributed by atoms with Gasteiger partial charge in [0.2, 0.25) is 0 Å². The number of carbonyl (C=O) groups is 2. The minimum absolute atomic E-state index is 0.0165. The Bertz CT molecular complexity index is 399. The zero-order chi connectivity index (χ0) is 20.2. The zero-order valence-electron chi connectivity index (χ0n) is 18.1. The normalized spacial score (nSPS) is 14.2. The first-order chi connectivity index (χ1) is 12.1. The van der Waals surface area contributed by atoms with E-state index in [2.05, 4.69) is 39.5 Å². The second kappa shape index (κ2) is 13.1. The summed E-state index contributed by atoms with van der Waals surface area (Å²) in [4.78, 5) is 26.5. The molecule has 5 nitrogen and oxygen atoms in total. The van der Waals surface area contributed by atoms with Gasteiger partial charge in [0.05, 0.1) is 18.4 Å². The third-order valence-electron chi connectivity index (χ3n) is 4.61. The van der Waals surface area contributed by atoms with Crippen molar-refractivity contribution in [3.8, 4) is 0 Å². The maximum absolute atomic E-state index is 12.2. The van der Waals surface area contributed by atoms with E-state index in [1.807, 2.05) is 13.8 Å². The monoisotopic (exact) mass is 371 g/mol. The fourth-order valence-corrected chi connectivity index (χ4v) is 2.64. The molecule has 0 N–H and O–H groups in total. The number of hydrogen-bond donors (Lipinski definition) is 0. The molecule has 0 heterocycles. The highest BCUT2D eigenvalue weighted by Crippen LogP contribution is 2.20. The van der Waals surface area contributed by atoms with Crippen LogP contribution in [-0.4, -0.2) is 49.7 Å². The Morgan fingerprint density at radius 1 is 0.962 bits per heavy atom. The number of rotatable bonds is 13. The van der Waals surface area contributed by atoms with Crippen LogP contribution in [0.15, 0.2) is 0 Å². The Hall–Kier alpha value is -1.10. The molecule has 0 aromatic rings. The maximum Gasteiger partial charge on any atom is 0.308 e. The van der Waals surface area contributed by atoms with Crippen LogP contribution in [0.4, 0.5) is 0 Å². The standard InChI is InChI=1S/C21H41NO4/c1-8-18(20(24)26-16-21(5,6)7)13-11-12-17(4)19(23)25-15-14-22(9-2)10-3/h17-18H,8-16H2,1-7H3. The quantitative estimate of drug-likeness (QED) is 0.452. The van der Waals surface area contributed by atoms with Crippen molar-refractivity contribution in [1.82, 2.24) is 4.90 Å². The van der Waals surface area contributed by atoms with E-state index >= 15 is 0 Å². The molecule has 0 aliphatic heterocycles. The summed E-state index contributed by atoms with van der Waals surface area (Å²) in [6.45, 7) is 17.9. The topological polar surface area (TPSA) is 55.8 Å². The minimum Gasteiger partial charge on any atom is -0.465 e. The van der Waals surface area contributed by atoms with E-state index in [0.29, 0.717) is 13.2 Å². The Morgan fingerprint density at radius 3 is 2.08 bits per heavy atom. The van der Waals surface area contributed by atoms with Gasteiger partial charge in [0.15, 0.2) is 0 Å². The molecule has 0 spiro atoms. The van der Waals surface area contributed by atoms with Gasteiger partial charge in [0.25, 0.3) is 0 Å². The van der Waals surface area contributed by atoms with Crippen LogP contribution in [0.2, 0.25) is 0 Å². The summed E-state index contributed by atoms with van der Waals surface area (Å²) in [5.41, 5.74) is -0.0165. The smallest absolute Gasteiger partial charge is 0.308 e. The number of carbonyl (C=O) groups excluding carboxylic acids is 2. The second-order valence-corrected chi connectivity index (χ2v) is 8.30. The SMILES string of the molecule is CCC(CCCC(C)C(=O)OCCN(CC)CC)C(=O)OCC(C)(C)C. The molecule has 0 bridgehead atoms. The Kier molecular flexibility index (Phi) is 12.6. The number of esters is 2. The maximum atomic E-state index is 12.2. The number of hydrogen-bond acceptors (Lipinski definition) is 5. The second-order valence-electron chi connectivity index (χ2n) is 8.30. The molecule has 0 radical (unpaired) electrons. The Morgan fingerprint density at radius 2 is 1.58 bits per heavy atom. The van der Waals surface area contributed by atoms with Crippen molar-refractivity contribution in [3.05, 3.63) is 0 Å². The zero-order valence-corrected chi connectivity index (χ0v) is 18.1. The molecule has 0 saturated carbocycles. The van der Waals surface area contributed by atoms with Crippen molar-refractivity contribution in [3.63, 3.8) is 0 Å². The first kappa shape index (κ1) is 24.9. The summed E-state index contributed by atoms with van der Waals surface area (Å²) in [5.74, 6) is -0.463. The minimum atomic E-state index is -0.138. The van der Waals surface area contributed by atoms with Crippen LogP contribution in [0, 0.1) is 17.3 Å². The molecule has 0 saturated heterocycles. The van der Waals surface area contributed by atoms with Gasteiger partial charge in [0, 0.05) is 6.54 Å². The molecular weight excluding hydrogens is 330 g/mol. The third-order valence-corrected chi connectivity index (χ3v) is 4.61. The highest BCUT2D eigenvalue weighted by atomic mass is 16.5. The van der Waals surface area contributed by atoms with Crippen LogP contribution in [-0.2, 0) is 19.1 Å². The summed E-state index contributed by atoms with van der Waals surface area (Å²) in [5, 5.41) is 0. The van der Waals surface area contributed by atoms with E-state index in [1.165, 1.54) is 0 Å². The molecule has 0 fully saturated rings. The summed E-state index contributed by atoms with van der Waals surface area (Å²) in [6.07, 6.45) is 3.10. The van der Waals surface area contributed by atoms with Crippen molar-refractivity contribution in [2.45, 2.75) is 74.1 Å². The summed E-state index contributed by atoms with van der Waals surface area (Å²) in [7, 11) is 0. The van der Waals surface area contributed by atoms with Crippen LogP contribution < -0.4 is 0 Å². The largest absolute Gasteiger partial charge is 0.465 e. The lowest BCUT2D eigenvalue weighted by Gasteiger charge is -2.21. The number of likely N-dealkylation sites (N-methyl/N-ethyl adjacent to an activating group) is 1. The molecular formula is C21H41NO4. The van der Waals surface area contributed by atoms with E-state index in [9.17, 15) is 9.59 Å². The fourth-order valence-electron chi connectivity index (χ4n) is 2.64. The van der Waals surface area contributed by atoms with Gasteiger partial charge in [-0.15, -0.1) is 0 Å². The van der Waals surface area contributed by atoms with Crippen LogP contribution in [0.3, 0.4) is 0 Å². The van der Waals surface area contributed by atoms with Gasteiger partial charge in [-0.1, -0.05) is 54.9 Å². The molecule has 154 valence electrons. The van der Waals surface area contributed by atoms with E-state index in [1.54, 1.807) is 0 Å². The van der Waals surface area contributed by atoms with Crippen molar-refractivity contribution < 1.29 is 19.1 Å². The molecule has 26 heavy (non-hydrogen) atoms. The average Bonchev–Trinajstić information content (AvgIpc) is 2.59. The Balaban J connectivity index is 4.10. The lowest BCUT2D eigenvalue weighted by atomic mass is 9.95. The van der Waals surface area contributed by atoms with Gasteiger partial charge in [-0.2, -0.15) is 0 Å². The van der Waals surface area contributed by atoms with Crippen molar-refractivity contribution >= 4 is 11.9 Å². The summed E-state index contributed by atoms with van der Waals surface area (Å²) < 4.78 is 10.8. The Labute approximate surface area is 160 Å². The van der Waals surface area contributed by atoms with E-state index in [0.717, 1.165) is 45.3 Å². The van der Waals surface area contributed by atoms with Crippen molar-refractivity contribution in [1.29, 1.82) is 0 Å². The van der Waals surface area contributed by atoms with Crippen LogP contribution in [0.25, 0.3) is 0 Å². The third kappa shape index (κ3) is 11.5. The first-order valence-corrected chi connectivity index (χ1v) is 10.2. The summed E-state index contributed by atoms with van der Waals surface area (Å²) >= 11 is 0. The van der Waals surface area contributed by atoms with Gasteiger partial charge >= 0.3 is 11.9 Å². The molecule has 0 aliphatic carbocycles. The van der Waals surface area contributed by atoms with E-state index < -0.39 is 0 Å². The van der Waals surface area contributed by atoms with Crippen LogP contribution in [0.1, 0.15) is 74.1 Å². The fraction of sp³-hybridized carbons (Fsp3) is 0.905. The number of ether oxygens (including phenoxy) is 2. The van der Waals surface area contributed by atoms with E-state index in [-0.39, 0.29) is 29.2 Å². The predicted octanol–water partition coefficient (Wildman–Crippen LogP) is 4.29. The lowest BCUT2D eigenvalue weighted by Crippen LogP contribution is -2.29. The summed E-state index contributed by atoms with van der Waals surface area (Å²) in [6, 6.07) is 0. The van der Waals surface area contributed by atoms with Crippen molar-refractivity contribution in [2.75, 3.05) is 32.8 Å². The molecule has 0 amide bonds. The number of nitrogens with zero attached hydrogens (tertiary/aromatic N) is 1.